The van der Waals surface area contributed by atoms with Gasteiger partial charge in [-0.05, 0) is 129 Å². The molecule has 252 valence electrons. The molecule has 0 radical (unpaired) electrons. The smallest absolute Gasteiger partial charge is 0.145 e. The number of hydrogen-bond acceptors (Lipinski definition) is 5. The van der Waals surface area contributed by atoms with Crippen LogP contribution in [0.1, 0.15) is 68.6 Å². The zero-order valence-electron chi connectivity index (χ0n) is 29.9. The van der Waals surface area contributed by atoms with Crippen LogP contribution in [0.25, 0.3) is 61.4 Å². The van der Waals surface area contributed by atoms with Crippen LogP contribution in [0, 0.1) is 73.0 Å². The maximum Gasteiger partial charge on any atom is 0.145 e. The molecule has 0 unspecified atom stereocenters. The predicted octanol–water partition coefficient (Wildman–Crippen LogP) is 10.4. The van der Waals surface area contributed by atoms with Crippen LogP contribution in [0.2, 0.25) is 0 Å². The minimum absolute atomic E-state index is 0.466. The van der Waals surface area contributed by atoms with Gasteiger partial charge in [-0.3, -0.25) is 4.57 Å². The van der Waals surface area contributed by atoms with E-state index in [1.165, 1.54) is 0 Å². The molecule has 1 aliphatic rings. The molecule has 0 spiro atoms. The van der Waals surface area contributed by atoms with Gasteiger partial charge in [0.1, 0.15) is 5.65 Å². The highest BCUT2D eigenvalue weighted by atomic mass is 15.1. The maximum atomic E-state index is 10.0. The molecule has 3 heterocycles. The lowest BCUT2D eigenvalue weighted by Crippen LogP contribution is -2.08. The number of pyridine rings is 1. The fraction of sp³-hybridized carbons (Fsp3) is 0.152. The van der Waals surface area contributed by atoms with Crippen LogP contribution in [0.5, 0.6) is 0 Å². The summed E-state index contributed by atoms with van der Waals surface area (Å²) < 4.78 is 4.37. The molecule has 0 saturated heterocycles. The van der Waals surface area contributed by atoms with Crippen LogP contribution < -0.4 is 0 Å². The van der Waals surface area contributed by atoms with E-state index in [0.29, 0.717) is 22.3 Å². The van der Waals surface area contributed by atoms with Gasteiger partial charge in [-0.15, -0.1) is 0 Å². The first-order valence-corrected chi connectivity index (χ1v) is 17.6. The molecule has 0 N–H and O–H groups in total. The Labute approximate surface area is 307 Å². The average molecular weight is 684 g/mol. The molecule has 7 aromatic rings. The van der Waals surface area contributed by atoms with Gasteiger partial charge in [-0.1, -0.05) is 36.4 Å². The van der Waals surface area contributed by atoms with E-state index in [2.05, 4.69) is 100 Å². The zero-order valence-corrected chi connectivity index (χ0v) is 29.9. The fourth-order valence-corrected chi connectivity index (χ4v) is 8.13. The van der Waals surface area contributed by atoms with E-state index in [4.69, 9.17) is 4.98 Å². The van der Waals surface area contributed by atoms with Crippen LogP contribution in [-0.4, -0.2) is 14.1 Å². The highest BCUT2D eigenvalue weighted by molar-refractivity contribution is 6.10. The first-order chi connectivity index (χ1) is 25.8. The largest absolute Gasteiger partial charge is 0.312 e. The van der Waals surface area contributed by atoms with Crippen LogP contribution in [0.15, 0.2) is 85.1 Å². The van der Waals surface area contributed by atoms with Gasteiger partial charge >= 0.3 is 0 Å². The lowest BCUT2D eigenvalue weighted by Gasteiger charge is -2.19. The van der Waals surface area contributed by atoms with Crippen molar-refractivity contribution in [1.29, 1.82) is 21.0 Å². The minimum atomic E-state index is 0.466. The average Bonchev–Trinajstić information content (AvgIpc) is 3.70. The van der Waals surface area contributed by atoms with Crippen LogP contribution in [0.4, 0.5) is 0 Å². The molecular weight excluding hydrogens is 651 g/mol. The molecule has 7 nitrogen and oxygen atoms in total. The van der Waals surface area contributed by atoms with Crippen molar-refractivity contribution in [3.05, 3.63) is 141 Å². The van der Waals surface area contributed by atoms with Crippen LogP contribution in [-0.2, 0) is 6.42 Å². The van der Waals surface area contributed by atoms with E-state index in [0.717, 1.165) is 108 Å². The summed E-state index contributed by atoms with van der Waals surface area (Å²) >= 11 is 0. The van der Waals surface area contributed by atoms with E-state index in [1.54, 1.807) is 18.3 Å². The number of allylic oxidation sites excluding steroid dienone is 3. The molecule has 53 heavy (non-hydrogen) atoms. The molecule has 0 fully saturated rings. The van der Waals surface area contributed by atoms with Gasteiger partial charge in [-0.2, -0.15) is 21.0 Å². The van der Waals surface area contributed by atoms with E-state index >= 15 is 0 Å². The van der Waals surface area contributed by atoms with E-state index < -0.39 is 0 Å². The topological polar surface area (TPSA) is 118 Å². The first-order valence-electron chi connectivity index (χ1n) is 17.6. The Balaban J connectivity index is 1.39. The molecule has 0 saturated carbocycles. The number of nitrogens with zero attached hydrogens (tertiary/aromatic N) is 7. The number of hydrogen-bond donors (Lipinski definition) is 0. The van der Waals surface area contributed by atoms with Gasteiger partial charge in [0.25, 0.3) is 0 Å². The molecule has 4 aromatic carbocycles. The summed E-state index contributed by atoms with van der Waals surface area (Å²) in [6.07, 6.45) is 13.1. The third-order valence-electron chi connectivity index (χ3n) is 10.8. The van der Waals surface area contributed by atoms with Crippen molar-refractivity contribution in [2.45, 2.75) is 47.0 Å². The molecule has 0 aliphatic heterocycles. The SMILES string of the molecule is Cc1c(C#N)cc(C#N)c(C)c1-n1c2c(c3cc(-c4ccc5c(c4)c4cccnc4n5-c4c(C)c(C#N)cc(C#N)c4C)ccc31)C=C/C=C/CCC2. The van der Waals surface area contributed by atoms with E-state index in [-0.39, 0.29) is 0 Å². The Morgan fingerprint density at radius 3 is 1.74 bits per heavy atom. The second-order valence-corrected chi connectivity index (χ2v) is 13.6. The van der Waals surface area contributed by atoms with Crippen molar-refractivity contribution in [3.8, 4) is 46.8 Å². The van der Waals surface area contributed by atoms with E-state index in [1.807, 2.05) is 33.8 Å². The van der Waals surface area contributed by atoms with E-state index in [9.17, 15) is 21.0 Å². The van der Waals surface area contributed by atoms with Crippen molar-refractivity contribution in [1.82, 2.24) is 14.1 Å². The van der Waals surface area contributed by atoms with Crippen molar-refractivity contribution >= 4 is 38.9 Å². The lowest BCUT2D eigenvalue weighted by atomic mass is 9.97. The quantitative estimate of drug-likeness (QED) is 0.184. The number of rotatable bonds is 3. The van der Waals surface area contributed by atoms with Gasteiger partial charge < -0.3 is 4.57 Å². The normalized spacial score (nSPS) is 13.1. The minimum Gasteiger partial charge on any atom is -0.312 e. The first kappa shape index (κ1) is 33.0. The van der Waals surface area contributed by atoms with Crippen molar-refractivity contribution in [3.63, 3.8) is 0 Å². The summed E-state index contributed by atoms with van der Waals surface area (Å²) in [7, 11) is 0. The second-order valence-electron chi connectivity index (χ2n) is 13.6. The molecule has 8 rings (SSSR count). The number of benzene rings is 4. The fourth-order valence-electron chi connectivity index (χ4n) is 8.13. The lowest BCUT2D eigenvalue weighted by molar-refractivity contribution is 0.797. The summed E-state index contributed by atoms with van der Waals surface area (Å²) in [5.41, 5.74) is 14.1. The highest BCUT2D eigenvalue weighted by Gasteiger charge is 2.24. The number of fused-ring (bicyclic) bond motifs is 6. The van der Waals surface area contributed by atoms with Crippen LogP contribution in [0.3, 0.4) is 0 Å². The predicted molar refractivity (Wildman–Crippen MR) is 210 cm³/mol. The molecular formula is C46H33N7. The standard InChI is InChI=1S/C46H33N7/c1-27-33(23-47)19-34(24-48)28(2)44(27)52-41-13-9-7-5-6-8-11-37(41)39-21-31(14-16-42(39)52)32-15-17-43-40(22-32)38-12-10-18-51-46(38)53(43)45-29(3)35(25-49)20-36(26-50)30(45)4/h5-6,8,10-12,14-22H,7,9,13H2,1-4H3/b6-5+,11-8?. The maximum absolute atomic E-state index is 10.0. The molecule has 1 aliphatic carbocycles. The summed E-state index contributed by atoms with van der Waals surface area (Å²) in [6, 6.07) is 29.6. The van der Waals surface area contributed by atoms with Crippen LogP contribution >= 0.6 is 0 Å². The Morgan fingerprint density at radius 1 is 0.604 bits per heavy atom. The van der Waals surface area contributed by atoms with Crippen molar-refractivity contribution in [2.24, 2.45) is 0 Å². The Kier molecular flexibility index (Phi) is 8.00. The molecule has 0 amide bonds. The van der Waals surface area contributed by atoms with Gasteiger partial charge in [0.2, 0.25) is 0 Å². The van der Waals surface area contributed by atoms with Gasteiger partial charge in [0.05, 0.1) is 68.9 Å². The van der Waals surface area contributed by atoms with Crippen molar-refractivity contribution in [2.75, 3.05) is 0 Å². The zero-order chi connectivity index (χ0) is 37.0. The molecule has 0 bridgehead atoms. The third-order valence-corrected chi connectivity index (χ3v) is 10.8. The third kappa shape index (κ3) is 5.03. The van der Waals surface area contributed by atoms with Gasteiger partial charge in [0.15, 0.2) is 0 Å². The Hall–Kier alpha value is -7.19. The Bertz CT molecular complexity index is 2880. The van der Waals surface area contributed by atoms with Gasteiger partial charge in [-0.25, -0.2) is 4.98 Å². The summed E-state index contributed by atoms with van der Waals surface area (Å²) in [6.45, 7) is 7.80. The summed E-state index contributed by atoms with van der Waals surface area (Å²) in [5, 5.41) is 43.1. The van der Waals surface area contributed by atoms with Gasteiger partial charge in [0, 0.05) is 33.6 Å². The Morgan fingerprint density at radius 2 is 1.15 bits per heavy atom. The second kappa shape index (κ2) is 12.9. The number of nitriles is 4. The molecule has 3 aromatic heterocycles. The summed E-state index contributed by atoms with van der Waals surface area (Å²) in [4.78, 5) is 4.82. The molecule has 0 atom stereocenters. The monoisotopic (exact) mass is 683 g/mol. The van der Waals surface area contributed by atoms with Crippen molar-refractivity contribution < 1.29 is 0 Å². The number of aromatic nitrogens is 3. The molecule has 7 heteroatoms. The summed E-state index contributed by atoms with van der Waals surface area (Å²) in [5.74, 6) is 0. The highest BCUT2D eigenvalue weighted by Crippen LogP contribution is 2.41.